The van der Waals surface area contributed by atoms with Crippen molar-refractivity contribution in [3.05, 3.63) is 65.7 Å². The molecule has 0 bridgehead atoms. The zero-order valence-electron chi connectivity index (χ0n) is 35.3. The maximum absolute atomic E-state index is 14.2. The van der Waals surface area contributed by atoms with Crippen molar-refractivity contribution in [1.29, 1.82) is 0 Å². The number of nitrogens with one attached hydrogen (secondary N) is 6. The molecule has 2 saturated heterocycles. The highest BCUT2D eigenvalue weighted by Gasteiger charge is 2.41. The maximum Gasteiger partial charge on any atom is 0.246 e. The number of thioether (sulfide) groups is 1. The monoisotopic (exact) mass is 895 g/mol. The van der Waals surface area contributed by atoms with Gasteiger partial charge in [0.2, 0.25) is 52.4 Å². The van der Waals surface area contributed by atoms with Crippen LogP contribution in [0.25, 0.3) is 0 Å². The highest BCUT2D eigenvalue weighted by Crippen LogP contribution is 2.21. The van der Waals surface area contributed by atoms with Crippen molar-refractivity contribution in [2.75, 3.05) is 18.8 Å². The standard InChI is InChI=1S/C42H57N9O11S/c1-4-22(2)34(44)40(60)48-29(19-32(43)54)41(61)51-16-8-11-31(51)39(59)49-30-21-63-42(62)35(23(3)52)50-37(57)28(18-25-12-14-26(53)15-13-25)46-33(55)20-45-36(56)27(47-38(30)58)17-24-9-6-5-7-10-24/h5-7,9-10,12-15,22-23,27-31,34-35,52-53H,4,8,11,16-21,44H2,1-3H3,(H2,43,54)(H,45,56)(H,46,55)(H,47,58)(H,48,60)(H,49,59)(H,50,57)/t22-,23+,27-,28-,29-,30-,31-,34-,35-/m0/s1. The van der Waals surface area contributed by atoms with Gasteiger partial charge in [0, 0.05) is 25.1 Å². The van der Waals surface area contributed by atoms with E-state index in [1.54, 1.807) is 37.3 Å². The third kappa shape index (κ3) is 14.5. The van der Waals surface area contributed by atoms with Crippen LogP contribution in [0.4, 0.5) is 0 Å². The number of primary amides is 1. The van der Waals surface area contributed by atoms with Gasteiger partial charge in [0.15, 0.2) is 0 Å². The van der Waals surface area contributed by atoms with Crippen LogP contribution in [-0.2, 0) is 56.0 Å². The van der Waals surface area contributed by atoms with E-state index >= 15 is 0 Å². The second kappa shape index (κ2) is 23.4. The topological polar surface area (TPSA) is 322 Å². The van der Waals surface area contributed by atoms with Crippen LogP contribution in [0.15, 0.2) is 54.6 Å². The van der Waals surface area contributed by atoms with Crippen LogP contribution in [0, 0.1) is 5.92 Å². The van der Waals surface area contributed by atoms with E-state index in [-0.39, 0.29) is 37.5 Å². The minimum Gasteiger partial charge on any atom is -0.508 e. The van der Waals surface area contributed by atoms with Crippen molar-refractivity contribution in [3.8, 4) is 5.75 Å². The summed E-state index contributed by atoms with van der Waals surface area (Å²) in [6, 6.07) is 4.98. The quantitative estimate of drug-likeness (QED) is 0.0948. The van der Waals surface area contributed by atoms with Crippen molar-refractivity contribution < 1.29 is 53.4 Å². The number of aromatic hydroxyl groups is 1. The van der Waals surface area contributed by atoms with Crippen LogP contribution in [0.2, 0.25) is 0 Å². The molecule has 2 aliphatic heterocycles. The van der Waals surface area contributed by atoms with E-state index < -0.39 is 119 Å². The number of phenolic OH excluding ortho intramolecular Hbond substituents is 1. The van der Waals surface area contributed by atoms with Crippen LogP contribution in [-0.4, -0.2) is 135 Å². The number of hydrogen-bond acceptors (Lipinski definition) is 13. The van der Waals surface area contributed by atoms with E-state index in [0.717, 1.165) is 4.90 Å². The summed E-state index contributed by atoms with van der Waals surface area (Å²) in [5, 5.41) is 34.8. The predicted octanol–water partition coefficient (Wildman–Crippen LogP) is -2.39. The summed E-state index contributed by atoms with van der Waals surface area (Å²) >= 11 is 0.497. The smallest absolute Gasteiger partial charge is 0.246 e. The molecule has 9 atom stereocenters. The van der Waals surface area contributed by atoms with Crippen LogP contribution in [0.1, 0.15) is 57.6 Å². The second-order valence-electron chi connectivity index (χ2n) is 15.7. The number of rotatable bonds is 14. The third-order valence-electron chi connectivity index (χ3n) is 10.8. The van der Waals surface area contributed by atoms with Crippen LogP contribution in [0.3, 0.4) is 0 Å². The number of likely N-dealkylation sites (tertiary alicyclic amines) is 1. The average molecular weight is 896 g/mol. The lowest BCUT2D eigenvalue weighted by atomic mass is 9.99. The Morgan fingerprint density at radius 1 is 0.889 bits per heavy atom. The van der Waals surface area contributed by atoms with Gasteiger partial charge in [-0.15, -0.1) is 0 Å². The zero-order chi connectivity index (χ0) is 46.4. The summed E-state index contributed by atoms with van der Waals surface area (Å²) in [4.78, 5) is 123. The van der Waals surface area contributed by atoms with Crippen LogP contribution < -0.4 is 43.4 Å². The number of aliphatic hydroxyl groups is 1. The molecule has 0 saturated carbocycles. The summed E-state index contributed by atoms with van der Waals surface area (Å²) in [6.07, 6.45) is -1.23. The summed E-state index contributed by atoms with van der Waals surface area (Å²) in [5.74, 6) is -7.36. The van der Waals surface area contributed by atoms with Gasteiger partial charge in [-0.1, -0.05) is 74.5 Å². The Hall–Kier alpha value is -6.06. The minimum absolute atomic E-state index is 0.0391. The third-order valence-corrected chi connectivity index (χ3v) is 11.9. The molecule has 20 nitrogen and oxygen atoms in total. The van der Waals surface area contributed by atoms with Crippen molar-refractivity contribution >= 4 is 64.1 Å². The van der Waals surface area contributed by atoms with Gasteiger partial charge in [-0.3, -0.25) is 43.2 Å². The first-order valence-corrected chi connectivity index (χ1v) is 21.7. The highest BCUT2D eigenvalue weighted by molar-refractivity contribution is 8.13. The van der Waals surface area contributed by atoms with E-state index in [1.165, 1.54) is 31.2 Å². The lowest BCUT2D eigenvalue weighted by Crippen LogP contribution is -2.60. The normalized spacial score (nSPS) is 23.5. The van der Waals surface area contributed by atoms with E-state index in [4.69, 9.17) is 11.5 Å². The molecule has 2 fully saturated rings. The van der Waals surface area contributed by atoms with Crippen molar-refractivity contribution in [2.24, 2.45) is 17.4 Å². The van der Waals surface area contributed by atoms with Gasteiger partial charge in [0.25, 0.3) is 0 Å². The molecule has 0 radical (unpaired) electrons. The number of phenols is 1. The number of benzene rings is 2. The Morgan fingerprint density at radius 3 is 2.14 bits per heavy atom. The Bertz CT molecular complexity index is 1990. The molecule has 342 valence electrons. The van der Waals surface area contributed by atoms with Gasteiger partial charge in [0.05, 0.1) is 25.1 Å². The van der Waals surface area contributed by atoms with E-state index in [0.29, 0.717) is 35.7 Å². The largest absolute Gasteiger partial charge is 0.508 e. The molecule has 4 rings (SSSR count). The lowest BCUT2D eigenvalue weighted by molar-refractivity contribution is -0.143. The fraction of sp³-hybridized carbons (Fsp3) is 0.500. The van der Waals surface area contributed by atoms with Crippen molar-refractivity contribution in [2.45, 2.75) is 108 Å². The van der Waals surface area contributed by atoms with Gasteiger partial charge in [-0.05, 0) is 48.9 Å². The first-order chi connectivity index (χ1) is 29.9. The molecule has 8 amide bonds. The van der Waals surface area contributed by atoms with Crippen molar-refractivity contribution in [3.63, 3.8) is 0 Å². The molecule has 0 aliphatic carbocycles. The molecule has 2 heterocycles. The number of aliphatic hydroxyl groups excluding tert-OH is 1. The summed E-state index contributed by atoms with van der Waals surface area (Å²) in [5.41, 5.74) is 12.6. The molecule has 2 aliphatic rings. The Kier molecular flexibility index (Phi) is 18.4. The summed E-state index contributed by atoms with van der Waals surface area (Å²) in [7, 11) is 0. The average Bonchev–Trinajstić information content (AvgIpc) is 3.75. The lowest BCUT2D eigenvalue weighted by Gasteiger charge is -2.30. The predicted molar refractivity (Wildman–Crippen MR) is 230 cm³/mol. The van der Waals surface area contributed by atoms with E-state index in [1.807, 2.05) is 6.92 Å². The van der Waals surface area contributed by atoms with Crippen molar-refractivity contribution in [1.82, 2.24) is 36.8 Å². The van der Waals surface area contributed by atoms with E-state index in [9.17, 15) is 53.4 Å². The Morgan fingerprint density at radius 2 is 1.52 bits per heavy atom. The molecule has 0 aromatic heterocycles. The number of amides is 8. The zero-order valence-corrected chi connectivity index (χ0v) is 36.2. The molecule has 0 unspecified atom stereocenters. The maximum atomic E-state index is 14.2. The number of hydrogen-bond donors (Lipinski definition) is 10. The first kappa shape index (κ1) is 49.6. The minimum atomic E-state index is -1.56. The number of nitrogens with two attached hydrogens (primary N) is 2. The SMILES string of the molecule is CC[C@H](C)[C@H](N)C(=O)N[C@@H](CC(N)=O)C(=O)N1CCC[C@H]1C(=O)N[C@H]1CSC(=O)[C@H]([C@@H](C)O)NC(=O)[C@H](Cc2ccc(O)cc2)NC(=O)CNC(=O)[C@H](Cc2ccccc2)NC1=O. The second-order valence-corrected chi connectivity index (χ2v) is 16.7. The molecule has 0 spiro atoms. The fourth-order valence-corrected chi connectivity index (χ4v) is 7.97. The van der Waals surface area contributed by atoms with Gasteiger partial charge in [0.1, 0.15) is 42.0 Å². The Balaban J connectivity index is 1.64. The molecular formula is C42H57N9O11S. The highest BCUT2D eigenvalue weighted by atomic mass is 32.2. The molecule has 2 aromatic carbocycles. The van der Waals surface area contributed by atoms with Gasteiger partial charge < -0.3 is 58.5 Å². The van der Waals surface area contributed by atoms with Gasteiger partial charge in [-0.2, -0.15) is 0 Å². The van der Waals surface area contributed by atoms with Gasteiger partial charge in [-0.25, -0.2) is 0 Å². The van der Waals surface area contributed by atoms with Crippen LogP contribution in [0.5, 0.6) is 5.75 Å². The van der Waals surface area contributed by atoms with E-state index in [2.05, 4.69) is 31.9 Å². The summed E-state index contributed by atoms with van der Waals surface area (Å²) in [6.45, 7) is 4.23. The molecule has 2 aromatic rings. The molecule has 21 heteroatoms. The molecule has 63 heavy (non-hydrogen) atoms. The number of carbonyl (C=O) groups excluding carboxylic acids is 9. The number of nitrogens with zero attached hydrogens (tertiary/aromatic N) is 1. The first-order valence-electron chi connectivity index (χ1n) is 20.7. The Labute approximate surface area is 368 Å². The number of carbonyl (C=O) groups is 9. The van der Waals surface area contributed by atoms with Crippen LogP contribution >= 0.6 is 11.8 Å². The molecule has 12 N–H and O–H groups in total. The summed E-state index contributed by atoms with van der Waals surface area (Å²) < 4.78 is 0. The molecular weight excluding hydrogens is 839 g/mol. The fourth-order valence-electron chi connectivity index (χ4n) is 6.97. The van der Waals surface area contributed by atoms with Gasteiger partial charge >= 0.3 is 0 Å².